The third-order valence-electron chi connectivity index (χ3n) is 0.662. The number of nitrogens with zero attached hydrogens (tertiary/aromatic N) is 3. The Morgan fingerprint density at radius 3 is 3.00 bits per heavy atom. The van der Waals surface area contributed by atoms with Crippen molar-refractivity contribution in [2.45, 2.75) is 0 Å². The van der Waals surface area contributed by atoms with Crippen LogP contribution in [0.25, 0.3) is 0 Å². The summed E-state index contributed by atoms with van der Waals surface area (Å²) in [5.74, 6) is -0.891. The van der Waals surface area contributed by atoms with E-state index in [-0.39, 0.29) is 5.82 Å². The topological polar surface area (TPSA) is 104 Å². The molecule has 1 aromatic heterocycles. The zero-order valence-electron chi connectivity index (χ0n) is 4.20. The van der Waals surface area contributed by atoms with Gasteiger partial charge in [-0.3, -0.25) is 10.0 Å². The summed E-state index contributed by atoms with van der Waals surface area (Å²) in [7, 11) is 0. The standard InChI is InChI=1S/C2H3N5O2/c8-2(5-9)1-3-6-7-4-1/h9H,(H,5,8)(H,3,4,6,7). The van der Waals surface area contributed by atoms with Gasteiger partial charge in [-0.1, -0.05) is 0 Å². The molecule has 7 heteroatoms. The van der Waals surface area contributed by atoms with Crippen LogP contribution in [-0.2, 0) is 0 Å². The maximum absolute atomic E-state index is 10.3. The van der Waals surface area contributed by atoms with Gasteiger partial charge in [-0.25, -0.2) is 10.6 Å². The van der Waals surface area contributed by atoms with Crippen LogP contribution in [0.1, 0.15) is 10.6 Å². The minimum absolute atomic E-state index is 0.127. The lowest BCUT2D eigenvalue weighted by Crippen LogP contribution is -2.20. The SMILES string of the molecule is O=C(NO)c1nnn[nH]1. The van der Waals surface area contributed by atoms with Crippen LogP contribution >= 0.6 is 0 Å². The molecule has 3 N–H and O–H groups in total. The maximum Gasteiger partial charge on any atom is 0.313 e. The number of aromatic amines is 1. The average Bonchev–Trinajstić information content (AvgIpc) is 2.37. The number of H-pyrrole nitrogens is 1. The van der Waals surface area contributed by atoms with Crippen molar-refractivity contribution < 1.29 is 10.0 Å². The molecule has 0 fully saturated rings. The highest BCUT2D eigenvalue weighted by atomic mass is 16.5. The molecule has 0 unspecified atom stereocenters. The Hall–Kier alpha value is -1.50. The normalized spacial score (nSPS) is 9.00. The summed E-state index contributed by atoms with van der Waals surface area (Å²) in [5, 5.41) is 19.5. The molecule has 0 aliphatic rings. The lowest BCUT2D eigenvalue weighted by atomic mass is 10.6. The molecule has 1 rings (SSSR count). The number of carbonyl (C=O) groups excluding carboxylic acids is 1. The van der Waals surface area contributed by atoms with E-state index in [1.165, 1.54) is 5.48 Å². The molecule has 7 nitrogen and oxygen atoms in total. The van der Waals surface area contributed by atoms with Crippen molar-refractivity contribution in [1.82, 2.24) is 26.1 Å². The van der Waals surface area contributed by atoms with Gasteiger partial charge in [-0.15, -0.1) is 5.10 Å². The minimum atomic E-state index is -0.764. The highest BCUT2D eigenvalue weighted by Crippen LogP contribution is 1.78. The molecule has 0 atom stereocenters. The Bertz CT molecular complexity index is 193. The molecule has 0 spiro atoms. The molecular weight excluding hydrogens is 126 g/mol. The van der Waals surface area contributed by atoms with Crippen LogP contribution in [0.5, 0.6) is 0 Å². The fourth-order valence-corrected chi connectivity index (χ4v) is 0.308. The molecule has 9 heavy (non-hydrogen) atoms. The number of rotatable bonds is 1. The Kier molecular flexibility index (Phi) is 1.36. The predicted octanol–water partition coefficient (Wildman–Crippen LogP) is -1.68. The van der Waals surface area contributed by atoms with Crippen molar-refractivity contribution in [1.29, 1.82) is 0 Å². The first-order valence-electron chi connectivity index (χ1n) is 2.02. The summed E-state index contributed by atoms with van der Waals surface area (Å²) < 4.78 is 0. The van der Waals surface area contributed by atoms with E-state index in [1.807, 2.05) is 0 Å². The average molecular weight is 129 g/mol. The van der Waals surface area contributed by atoms with Crippen LogP contribution in [0, 0.1) is 0 Å². The fourth-order valence-electron chi connectivity index (χ4n) is 0.308. The second-order valence-corrected chi connectivity index (χ2v) is 1.19. The van der Waals surface area contributed by atoms with Crippen LogP contribution in [0.4, 0.5) is 0 Å². The molecule has 1 aromatic rings. The van der Waals surface area contributed by atoms with Crippen LogP contribution in [0.3, 0.4) is 0 Å². The fraction of sp³-hybridized carbons (Fsp3) is 0. The summed E-state index contributed by atoms with van der Waals surface area (Å²) in [6.45, 7) is 0. The molecule has 0 bridgehead atoms. The van der Waals surface area contributed by atoms with Crippen LogP contribution in [0.2, 0.25) is 0 Å². The number of tetrazole rings is 1. The van der Waals surface area contributed by atoms with Gasteiger partial charge < -0.3 is 0 Å². The minimum Gasteiger partial charge on any atom is -0.288 e. The van der Waals surface area contributed by atoms with Gasteiger partial charge in [0.05, 0.1) is 0 Å². The van der Waals surface area contributed by atoms with Crippen molar-refractivity contribution in [3.63, 3.8) is 0 Å². The van der Waals surface area contributed by atoms with Gasteiger partial charge in [-0.2, -0.15) is 0 Å². The first kappa shape index (κ1) is 5.63. The second kappa shape index (κ2) is 2.18. The van der Waals surface area contributed by atoms with Crippen molar-refractivity contribution in [3.8, 4) is 0 Å². The first-order valence-corrected chi connectivity index (χ1v) is 2.02. The molecule has 0 saturated heterocycles. The van der Waals surface area contributed by atoms with E-state index >= 15 is 0 Å². The van der Waals surface area contributed by atoms with Gasteiger partial charge in [0.25, 0.3) is 0 Å². The molecule has 1 heterocycles. The van der Waals surface area contributed by atoms with E-state index in [2.05, 4.69) is 20.6 Å². The number of carbonyl (C=O) groups is 1. The lowest BCUT2D eigenvalue weighted by molar-refractivity contribution is 0.0694. The third-order valence-corrected chi connectivity index (χ3v) is 0.662. The number of nitrogens with one attached hydrogen (secondary N) is 2. The van der Waals surface area contributed by atoms with Crippen LogP contribution in [-0.4, -0.2) is 31.7 Å². The first-order chi connectivity index (χ1) is 4.34. The maximum atomic E-state index is 10.3. The molecule has 0 aromatic carbocycles. The van der Waals surface area contributed by atoms with E-state index < -0.39 is 5.91 Å². The molecule has 0 aliphatic carbocycles. The number of hydroxylamine groups is 1. The number of amides is 1. The molecule has 0 saturated carbocycles. The van der Waals surface area contributed by atoms with E-state index in [0.29, 0.717) is 0 Å². The summed E-state index contributed by atoms with van der Waals surface area (Å²) in [5.41, 5.74) is 1.35. The van der Waals surface area contributed by atoms with Gasteiger partial charge in [0.15, 0.2) is 0 Å². The highest BCUT2D eigenvalue weighted by Gasteiger charge is 2.05. The van der Waals surface area contributed by atoms with Crippen molar-refractivity contribution in [2.24, 2.45) is 0 Å². The second-order valence-electron chi connectivity index (χ2n) is 1.19. The van der Waals surface area contributed by atoms with Crippen LogP contribution < -0.4 is 5.48 Å². The molecule has 1 amide bonds. The highest BCUT2D eigenvalue weighted by molar-refractivity contribution is 5.88. The predicted molar refractivity (Wildman–Crippen MR) is 23.4 cm³/mol. The number of hydrogen-bond donors (Lipinski definition) is 3. The quantitative estimate of drug-likeness (QED) is 0.310. The smallest absolute Gasteiger partial charge is 0.288 e. The summed E-state index contributed by atoms with van der Waals surface area (Å²) in [6, 6.07) is 0. The molecule has 48 valence electrons. The van der Waals surface area contributed by atoms with E-state index in [9.17, 15) is 4.79 Å². The molecular formula is C2H3N5O2. The van der Waals surface area contributed by atoms with E-state index in [1.54, 1.807) is 0 Å². The largest absolute Gasteiger partial charge is 0.313 e. The molecule has 0 radical (unpaired) electrons. The Balaban J connectivity index is 2.77. The van der Waals surface area contributed by atoms with E-state index in [0.717, 1.165) is 0 Å². The Morgan fingerprint density at radius 2 is 2.56 bits per heavy atom. The van der Waals surface area contributed by atoms with Crippen molar-refractivity contribution in [2.75, 3.05) is 0 Å². The van der Waals surface area contributed by atoms with Crippen molar-refractivity contribution >= 4 is 5.91 Å². The van der Waals surface area contributed by atoms with Gasteiger partial charge in [0.1, 0.15) is 0 Å². The Labute approximate surface area is 49.0 Å². The van der Waals surface area contributed by atoms with Gasteiger partial charge in [-0.05, 0) is 10.4 Å². The third kappa shape index (κ3) is 0.995. The van der Waals surface area contributed by atoms with Gasteiger partial charge >= 0.3 is 5.91 Å². The van der Waals surface area contributed by atoms with Gasteiger partial charge in [0, 0.05) is 0 Å². The molecule has 0 aliphatic heterocycles. The lowest BCUT2D eigenvalue weighted by Gasteiger charge is -1.86. The monoisotopic (exact) mass is 129 g/mol. The zero-order valence-corrected chi connectivity index (χ0v) is 4.20. The van der Waals surface area contributed by atoms with Crippen molar-refractivity contribution in [3.05, 3.63) is 5.82 Å². The summed E-state index contributed by atoms with van der Waals surface area (Å²) in [4.78, 5) is 10.3. The number of aromatic nitrogens is 4. The van der Waals surface area contributed by atoms with Gasteiger partial charge in [0.2, 0.25) is 5.82 Å². The summed E-state index contributed by atoms with van der Waals surface area (Å²) >= 11 is 0. The number of hydrogen-bond acceptors (Lipinski definition) is 5. The Morgan fingerprint density at radius 1 is 1.78 bits per heavy atom. The summed E-state index contributed by atoms with van der Waals surface area (Å²) in [6.07, 6.45) is 0. The zero-order chi connectivity index (χ0) is 6.69. The van der Waals surface area contributed by atoms with E-state index in [4.69, 9.17) is 5.21 Å². The van der Waals surface area contributed by atoms with Crippen LogP contribution in [0.15, 0.2) is 0 Å².